The molecule has 2 aromatic carbocycles. The van der Waals surface area contributed by atoms with Crippen LogP contribution in [0.5, 0.6) is 0 Å². The lowest BCUT2D eigenvalue weighted by Crippen LogP contribution is -2.48. The molecule has 0 amide bonds. The summed E-state index contributed by atoms with van der Waals surface area (Å²) in [6.07, 6.45) is 8.91. The van der Waals surface area contributed by atoms with E-state index in [1.807, 2.05) is 36.4 Å². The number of aryl methyl sites for hydroxylation is 1. The summed E-state index contributed by atoms with van der Waals surface area (Å²) in [4.78, 5) is 14.3. The van der Waals surface area contributed by atoms with Crippen LogP contribution in [0, 0.1) is 5.82 Å². The molecule has 2 aliphatic heterocycles. The van der Waals surface area contributed by atoms with Crippen LogP contribution in [0.4, 0.5) is 10.2 Å². The molecule has 0 radical (unpaired) electrons. The molecule has 0 aliphatic carbocycles. The molecule has 4 aromatic rings. The summed E-state index contributed by atoms with van der Waals surface area (Å²) in [5.74, 6) is 0.744. The summed E-state index contributed by atoms with van der Waals surface area (Å²) in [7, 11) is -3.64. The van der Waals surface area contributed by atoms with Gasteiger partial charge in [0.1, 0.15) is 16.5 Å². The van der Waals surface area contributed by atoms with Crippen molar-refractivity contribution in [2.75, 3.05) is 44.2 Å². The van der Waals surface area contributed by atoms with Crippen molar-refractivity contribution in [2.45, 2.75) is 56.4 Å². The first-order chi connectivity index (χ1) is 20.9. The van der Waals surface area contributed by atoms with E-state index in [2.05, 4.69) is 33.8 Å². The molecule has 0 unspecified atom stereocenters. The zero-order chi connectivity index (χ0) is 29.8. The number of pyridine rings is 2. The molecule has 7 nitrogen and oxygen atoms in total. The molecule has 2 aliphatic rings. The van der Waals surface area contributed by atoms with Crippen molar-refractivity contribution >= 4 is 26.6 Å². The highest BCUT2D eigenvalue weighted by Gasteiger charge is 2.36. The number of hydrogen-bond donors (Lipinski definition) is 0. The maximum atomic E-state index is 13.8. The molecule has 2 aromatic heterocycles. The van der Waals surface area contributed by atoms with E-state index >= 15 is 0 Å². The van der Waals surface area contributed by atoms with Crippen LogP contribution in [0.15, 0.2) is 78.0 Å². The molecule has 1 atom stereocenters. The molecule has 0 N–H and O–H groups in total. The van der Waals surface area contributed by atoms with Crippen molar-refractivity contribution in [2.24, 2.45) is 0 Å². The molecule has 2 saturated heterocycles. The lowest BCUT2D eigenvalue weighted by molar-refractivity contribution is 0.231. The minimum absolute atomic E-state index is 0.00261. The van der Waals surface area contributed by atoms with Crippen LogP contribution in [0.3, 0.4) is 0 Å². The summed E-state index contributed by atoms with van der Waals surface area (Å²) in [6.45, 7) is 7.14. The van der Waals surface area contributed by atoms with Crippen molar-refractivity contribution < 1.29 is 12.8 Å². The summed E-state index contributed by atoms with van der Waals surface area (Å²) in [5.41, 5.74) is 3.14. The van der Waals surface area contributed by atoms with Gasteiger partial charge in [-0.3, -0.25) is 9.88 Å². The first-order valence-electron chi connectivity index (χ1n) is 15.5. The van der Waals surface area contributed by atoms with E-state index in [1.165, 1.54) is 18.3 Å². The highest BCUT2D eigenvalue weighted by molar-refractivity contribution is 7.89. The third-order valence-electron chi connectivity index (χ3n) is 8.85. The SMILES string of the molecule is CCCCc1cc(-c2ccc(F)cc2)cc(N2CCN(CC[C@H]3CCCN3S(=O)(=O)c3cncc4ccccc34)CC2)n1. The van der Waals surface area contributed by atoms with E-state index in [-0.39, 0.29) is 11.9 Å². The molecule has 4 heterocycles. The predicted octanol–water partition coefficient (Wildman–Crippen LogP) is 6.14. The second kappa shape index (κ2) is 13.1. The highest BCUT2D eigenvalue weighted by atomic mass is 32.2. The Hall–Kier alpha value is -3.40. The van der Waals surface area contributed by atoms with E-state index in [0.717, 1.165) is 105 Å². The van der Waals surface area contributed by atoms with Crippen LogP contribution in [0.25, 0.3) is 21.9 Å². The Morgan fingerprint density at radius 3 is 2.51 bits per heavy atom. The molecule has 2 fully saturated rings. The van der Waals surface area contributed by atoms with E-state index < -0.39 is 10.0 Å². The van der Waals surface area contributed by atoms with Crippen molar-refractivity contribution in [3.63, 3.8) is 0 Å². The van der Waals surface area contributed by atoms with E-state index in [1.54, 1.807) is 10.5 Å². The van der Waals surface area contributed by atoms with Gasteiger partial charge in [0.15, 0.2) is 0 Å². The predicted molar refractivity (Wildman–Crippen MR) is 170 cm³/mol. The monoisotopic (exact) mass is 601 g/mol. The number of piperazine rings is 1. The Bertz CT molecular complexity index is 1650. The lowest BCUT2D eigenvalue weighted by Gasteiger charge is -2.36. The maximum absolute atomic E-state index is 13.8. The normalized spacial score (nSPS) is 18.5. The fourth-order valence-corrected chi connectivity index (χ4v) is 8.28. The van der Waals surface area contributed by atoms with Gasteiger partial charge in [-0.2, -0.15) is 4.31 Å². The summed E-state index contributed by atoms with van der Waals surface area (Å²) in [5, 5.41) is 1.57. The number of fused-ring (bicyclic) bond motifs is 1. The molecule has 0 saturated carbocycles. The number of rotatable bonds is 10. The van der Waals surface area contributed by atoms with Crippen molar-refractivity contribution in [3.05, 3.63) is 84.6 Å². The summed E-state index contributed by atoms with van der Waals surface area (Å²) in [6, 6.07) is 18.5. The fraction of sp³-hybridized carbons (Fsp3) is 0.412. The average Bonchev–Trinajstić information content (AvgIpc) is 3.53. The highest BCUT2D eigenvalue weighted by Crippen LogP contribution is 2.32. The van der Waals surface area contributed by atoms with Gasteiger partial charge < -0.3 is 4.90 Å². The standard InChI is InChI=1S/C34H40FN5O2S/c1-2-3-8-30-22-28(26-11-13-29(35)14-12-26)23-34(37-30)39-20-18-38(19-21-39)17-15-31-9-6-16-40(31)43(41,42)33-25-36-24-27-7-4-5-10-32(27)33/h4-5,7,10-14,22-25,31H,2-3,6,8-9,15-21H2,1H3/t31-/m1/s1. The van der Waals surface area contributed by atoms with Gasteiger partial charge >= 0.3 is 0 Å². The van der Waals surface area contributed by atoms with Crippen LogP contribution in [-0.4, -0.2) is 72.9 Å². The number of benzene rings is 2. The van der Waals surface area contributed by atoms with Crippen molar-refractivity contribution in [3.8, 4) is 11.1 Å². The molecule has 0 spiro atoms. The van der Waals surface area contributed by atoms with Crippen LogP contribution in [0.1, 0.15) is 44.7 Å². The maximum Gasteiger partial charge on any atom is 0.245 e. The first kappa shape index (κ1) is 29.7. The van der Waals surface area contributed by atoms with Gasteiger partial charge in [0.05, 0.1) is 0 Å². The average molecular weight is 602 g/mol. The fourth-order valence-electron chi connectivity index (χ4n) is 6.40. The summed E-state index contributed by atoms with van der Waals surface area (Å²) >= 11 is 0. The Kier molecular flexibility index (Phi) is 9.02. The molecule has 226 valence electrons. The Morgan fingerprint density at radius 2 is 1.72 bits per heavy atom. The first-order valence-corrected chi connectivity index (χ1v) is 16.9. The molecule has 43 heavy (non-hydrogen) atoms. The van der Waals surface area contributed by atoms with Crippen LogP contribution < -0.4 is 4.90 Å². The third-order valence-corrected chi connectivity index (χ3v) is 10.8. The van der Waals surface area contributed by atoms with Gasteiger partial charge in [-0.25, -0.2) is 17.8 Å². The van der Waals surface area contributed by atoms with E-state index in [0.29, 0.717) is 11.4 Å². The van der Waals surface area contributed by atoms with Crippen molar-refractivity contribution in [1.29, 1.82) is 0 Å². The lowest BCUT2D eigenvalue weighted by atomic mass is 10.0. The number of hydrogen-bond acceptors (Lipinski definition) is 6. The van der Waals surface area contributed by atoms with Gasteiger partial charge in [0, 0.05) is 67.6 Å². The van der Waals surface area contributed by atoms with Crippen molar-refractivity contribution in [1.82, 2.24) is 19.2 Å². The third kappa shape index (κ3) is 6.59. The summed E-state index contributed by atoms with van der Waals surface area (Å²) < 4.78 is 42.9. The number of anilines is 1. The van der Waals surface area contributed by atoms with Gasteiger partial charge in [-0.15, -0.1) is 0 Å². The van der Waals surface area contributed by atoms with Gasteiger partial charge in [0.25, 0.3) is 0 Å². The zero-order valence-electron chi connectivity index (χ0n) is 24.8. The Labute approximate surface area is 254 Å². The van der Waals surface area contributed by atoms with E-state index in [4.69, 9.17) is 4.98 Å². The Morgan fingerprint density at radius 1 is 0.930 bits per heavy atom. The second-order valence-corrected chi connectivity index (χ2v) is 13.6. The molecule has 9 heteroatoms. The molecular formula is C34H40FN5O2S. The zero-order valence-corrected chi connectivity index (χ0v) is 25.6. The number of unbranched alkanes of at least 4 members (excludes halogenated alkanes) is 1. The number of nitrogens with zero attached hydrogens (tertiary/aromatic N) is 5. The topological polar surface area (TPSA) is 69.6 Å². The minimum Gasteiger partial charge on any atom is -0.354 e. The number of sulfonamides is 1. The van der Waals surface area contributed by atoms with Gasteiger partial charge in [-0.1, -0.05) is 49.7 Å². The largest absolute Gasteiger partial charge is 0.354 e. The van der Waals surface area contributed by atoms with Gasteiger partial charge in [-0.05, 0) is 74.0 Å². The smallest absolute Gasteiger partial charge is 0.245 e. The molecular weight excluding hydrogens is 561 g/mol. The van der Waals surface area contributed by atoms with Crippen LogP contribution in [0.2, 0.25) is 0 Å². The van der Waals surface area contributed by atoms with E-state index in [9.17, 15) is 12.8 Å². The number of aromatic nitrogens is 2. The van der Waals surface area contributed by atoms with Crippen LogP contribution in [-0.2, 0) is 16.4 Å². The number of halogens is 1. The van der Waals surface area contributed by atoms with Crippen LogP contribution >= 0.6 is 0 Å². The molecule has 6 rings (SSSR count). The van der Waals surface area contributed by atoms with Gasteiger partial charge in [0.2, 0.25) is 10.0 Å². The quantitative estimate of drug-likeness (QED) is 0.217. The Balaban J connectivity index is 1.10. The minimum atomic E-state index is -3.64. The second-order valence-electron chi connectivity index (χ2n) is 11.7. The molecule has 0 bridgehead atoms.